The highest BCUT2D eigenvalue weighted by molar-refractivity contribution is 5.10. The van der Waals surface area contributed by atoms with Crippen molar-refractivity contribution >= 4 is 0 Å². The topological polar surface area (TPSA) is 59.3 Å². The molecule has 0 aliphatic carbocycles. The van der Waals surface area contributed by atoms with Crippen LogP contribution in [-0.2, 0) is 24.4 Å². The third kappa shape index (κ3) is 3.95. The van der Waals surface area contributed by atoms with E-state index in [1.807, 2.05) is 4.68 Å². The molecule has 2 aromatic rings. The molecule has 2 bridgehead atoms. The Balaban J connectivity index is 1.48. The van der Waals surface area contributed by atoms with Crippen molar-refractivity contribution in [3.8, 4) is 0 Å². The van der Waals surface area contributed by atoms with E-state index in [1.165, 1.54) is 0 Å². The number of hydrogen-bond acceptors (Lipinski definition) is 6. The van der Waals surface area contributed by atoms with Gasteiger partial charge in [0.15, 0.2) is 0 Å². The molecule has 140 valence electrons. The van der Waals surface area contributed by atoms with Crippen molar-refractivity contribution in [1.29, 1.82) is 0 Å². The van der Waals surface area contributed by atoms with Gasteiger partial charge in [0, 0.05) is 50.4 Å². The highest BCUT2D eigenvalue weighted by atomic mass is 16.5. The van der Waals surface area contributed by atoms with Crippen LogP contribution in [0.3, 0.4) is 0 Å². The molecule has 0 N–H and O–H groups in total. The molecule has 4 rings (SSSR count). The maximum absolute atomic E-state index is 5.96. The summed E-state index contributed by atoms with van der Waals surface area (Å²) in [5.41, 5.74) is 2.23. The van der Waals surface area contributed by atoms with Crippen LogP contribution in [0.4, 0.5) is 0 Å². The van der Waals surface area contributed by atoms with Crippen molar-refractivity contribution in [3.63, 3.8) is 0 Å². The van der Waals surface area contributed by atoms with E-state index in [9.17, 15) is 0 Å². The molecule has 2 aliphatic heterocycles. The zero-order valence-corrected chi connectivity index (χ0v) is 15.7. The van der Waals surface area contributed by atoms with E-state index in [0.717, 1.165) is 69.7 Å². The number of hydrogen-bond donors (Lipinski definition) is 0. The van der Waals surface area contributed by atoms with Gasteiger partial charge in [0.1, 0.15) is 12.2 Å². The number of fused-ring (bicyclic) bond motifs is 3. The Hall–Kier alpha value is -1.83. The fourth-order valence-electron chi connectivity index (χ4n) is 4.12. The number of rotatable bonds is 5. The lowest BCUT2D eigenvalue weighted by Gasteiger charge is -2.31. The van der Waals surface area contributed by atoms with Crippen molar-refractivity contribution in [2.24, 2.45) is 5.92 Å². The molecule has 4 heterocycles. The van der Waals surface area contributed by atoms with E-state index < -0.39 is 0 Å². The van der Waals surface area contributed by atoms with Gasteiger partial charge in [-0.25, -0.2) is 9.67 Å². The maximum Gasteiger partial charge on any atom is 0.140 e. The molecule has 2 aromatic heterocycles. The first-order valence-electron chi connectivity index (χ1n) is 9.54. The number of nitrogens with zero attached hydrogens (tertiary/aromatic N) is 6. The van der Waals surface area contributed by atoms with Gasteiger partial charge < -0.3 is 4.74 Å². The van der Waals surface area contributed by atoms with Crippen molar-refractivity contribution in [1.82, 2.24) is 29.5 Å². The van der Waals surface area contributed by atoms with Crippen LogP contribution in [0, 0.1) is 12.8 Å². The van der Waals surface area contributed by atoms with Crippen molar-refractivity contribution < 1.29 is 4.74 Å². The highest BCUT2D eigenvalue weighted by Crippen LogP contribution is 2.22. The van der Waals surface area contributed by atoms with Crippen LogP contribution in [0.1, 0.15) is 24.1 Å². The maximum atomic E-state index is 5.96. The molecule has 0 unspecified atom stereocenters. The average Bonchev–Trinajstić information content (AvgIpc) is 2.89. The summed E-state index contributed by atoms with van der Waals surface area (Å²) in [5, 5.41) is 4.31. The summed E-state index contributed by atoms with van der Waals surface area (Å²) in [6.07, 6.45) is 1.66. The van der Waals surface area contributed by atoms with Gasteiger partial charge in [-0.15, -0.1) is 0 Å². The third-order valence-corrected chi connectivity index (χ3v) is 5.33. The molecular weight excluding hydrogens is 328 g/mol. The first-order chi connectivity index (χ1) is 12.7. The lowest BCUT2D eigenvalue weighted by atomic mass is 10.1. The van der Waals surface area contributed by atoms with Crippen LogP contribution < -0.4 is 0 Å². The molecule has 0 aromatic carbocycles. The number of aryl methyl sites for hydroxylation is 2. The number of aromatic nitrogens is 4. The van der Waals surface area contributed by atoms with Gasteiger partial charge in [-0.1, -0.05) is 6.07 Å². The molecule has 2 saturated heterocycles. The molecule has 0 amide bonds. The molecule has 7 heteroatoms. The number of ether oxygens (including phenoxy) is 1. The Morgan fingerprint density at radius 3 is 2.92 bits per heavy atom. The molecule has 2 aliphatic rings. The Morgan fingerprint density at radius 1 is 1.15 bits per heavy atom. The summed E-state index contributed by atoms with van der Waals surface area (Å²) < 4.78 is 7.95. The second kappa shape index (κ2) is 7.82. The lowest BCUT2D eigenvalue weighted by molar-refractivity contribution is 0.0457. The Morgan fingerprint density at radius 2 is 2.08 bits per heavy atom. The van der Waals surface area contributed by atoms with Gasteiger partial charge in [0.25, 0.3) is 0 Å². The van der Waals surface area contributed by atoms with E-state index in [1.54, 1.807) is 6.33 Å². The molecule has 26 heavy (non-hydrogen) atoms. The van der Waals surface area contributed by atoms with E-state index >= 15 is 0 Å². The minimum absolute atomic E-state index is 0.391. The second-order valence-corrected chi connectivity index (χ2v) is 7.44. The summed E-state index contributed by atoms with van der Waals surface area (Å²) in [7, 11) is 0. The van der Waals surface area contributed by atoms with E-state index in [0.29, 0.717) is 12.0 Å². The zero-order valence-electron chi connectivity index (χ0n) is 15.7. The van der Waals surface area contributed by atoms with E-state index in [2.05, 4.69) is 51.9 Å². The molecule has 0 saturated carbocycles. The summed E-state index contributed by atoms with van der Waals surface area (Å²) in [5.74, 6) is 1.57. The summed E-state index contributed by atoms with van der Waals surface area (Å²) in [4.78, 5) is 14.2. The summed E-state index contributed by atoms with van der Waals surface area (Å²) in [6.45, 7) is 11.5. The average molecular weight is 356 g/mol. The van der Waals surface area contributed by atoms with Crippen molar-refractivity contribution in [3.05, 3.63) is 41.7 Å². The largest absolute Gasteiger partial charge is 0.379 e. The Bertz CT molecular complexity index is 732. The first-order valence-corrected chi connectivity index (χ1v) is 9.54. The molecule has 0 radical (unpaired) electrons. The normalized spacial score (nSPS) is 24.5. The second-order valence-electron chi connectivity index (χ2n) is 7.44. The van der Waals surface area contributed by atoms with Gasteiger partial charge >= 0.3 is 0 Å². The monoisotopic (exact) mass is 356 g/mol. The molecular formula is C19H28N6O. The smallest absolute Gasteiger partial charge is 0.140 e. The quantitative estimate of drug-likeness (QED) is 0.806. The number of pyridine rings is 1. The fraction of sp³-hybridized carbons (Fsp3) is 0.632. The van der Waals surface area contributed by atoms with Crippen LogP contribution in [-0.4, -0.2) is 68.4 Å². The van der Waals surface area contributed by atoms with Gasteiger partial charge in [0.05, 0.1) is 25.5 Å². The summed E-state index contributed by atoms with van der Waals surface area (Å²) in [6, 6.07) is 6.67. The van der Waals surface area contributed by atoms with E-state index in [4.69, 9.17) is 9.72 Å². The molecule has 2 atom stereocenters. The fourth-order valence-corrected chi connectivity index (χ4v) is 4.12. The van der Waals surface area contributed by atoms with Gasteiger partial charge in [0.2, 0.25) is 0 Å². The standard InChI is InChI=1S/C19H28N6O/c1-3-25-19(20-14-21-25)11-23-7-16-8-24(18(10-23)13-26-12-16)9-17-6-4-5-15(2)22-17/h4-6,14,16,18H,3,7-13H2,1-2H3/t16-,18-/m0/s1. The van der Waals surface area contributed by atoms with Gasteiger partial charge in [-0.2, -0.15) is 5.10 Å². The predicted molar refractivity (Wildman–Crippen MR) is 98.5 cm³/mol. The highest BCUT2D eigenvalue weighted by Gasteiger charge is 2.33. The summed E-state index contributed by atoms with van der Waals surface area (Å²) >= 11 is 0. The van der Waals surface area contributed by atoms with Crippen molar-refractivity contribution in [2.75, 3.05) is 32.8 Å². The third-order valence-electron chi connectivity index (χ3n) is 5.33. The Kier molecular flexibility index (Phi) is 5.28. The van der Waals surface area contributed by atoms with Crippen LogP contribution in [0.2, 0.25) is 0 Å². The SMILES string of the molecule is CCn1ncnc1CN1C[C@@H]2COC[C@H](C1)N(Cc1cccc(C)n1)C2. The van der Waals surface area contributed by atoms with Crippen LogP contribution >= 0.6 is 0 Å². The minimum atomic E-state index is 0.391. The Labute approximate surface area is 155 Å². The molecule has 0 spiro atoms. The van der Waals surface area contributed by atoms with Crippen LogP contribution in [0.5, 0.6) is 0 Å². The first kappa shape index (κ1) is 17.6. The van der Waals surface area contributed by atoms with Gasteiger partial charge in [-0.3, -0.25) is 14.8 Å². The lowest BCUT2D eigenvalue weighted by Crippen LogP contribution is -2.43. The van der Waals surface area contributed by atoms with Crippen molar-refractivity contribution in [2.45, 2.75) is 39.5 Å². The zero-order chi connectivity index (χ0) is 17.9. The van der Waals surface area contributed by atoms with Crippen LogP contribution in [0.15, 0.2) is 24.5 Å². The molecule has 7 nitrogen and oxygen atoms in total. The molecule has 2 fully saturated rings. The minimum Gasteiger partial charge on any atom is -0.379 e. The van der Waals surface area contributed by atoms with Gasteiger partial charge in [-0.05, 0) is 26.0 Å². The van der Waals surface area contributed by atoms with E-state index in [-0.39, 0.29) is 0 Å². The van der Waals surface area contributed by atoms with Crippen LogP contribution in [0.25, 0.3) is 0 Å². The predicted octanol–water partition coefficient (Wildman–Crippen LogP) is 1.33.